The maximum Gasteiger partial charge on any atom is 0.277 e. The van der Waals surface area contributed by atoms with Crippen molar-refractivity contribution in [3.05, 3.63) is 60.2 Å². The molecule has 0 aliphatic carbocycles. The lowest BCUT2D eigenvalue weighted by Crippen LogP contribution is -2.22. The van der Waals surface area contributed by atoms with Gasteiger partial charge in [-0.05, 0) is 49.4 Å². The number of thioether (sulfide) groups is 1. The minimum absolute atomic E-state index is 0.209. The fraction of sp³-hybridized carbons (Fsp3) is 0.118. The van der Waals surface area contributed by atoms with E-state index in [0.717, 1.165) is 11.8 Å². The molecule has 128 valence electrons. The fourth-order valence-corrected chi connectivity index (χ4v) is 2.66. The van der Waals surface area contributed by atoms with Crippen LogP contribution in [0.4, 0.5) is 14.5 Å². The summed E-state index contributed by atoms with van der Waals surface area (Å²) in [4.78, 5) is 12.2. The number of nitrogens with zero attached hydrogens (tertiary/aromatic N) is 2. The van der Waals surface area contributed by atoms with Crippen molar-refractivity contribution in [1.29, 1.82) is 0 Å². The molecule has 0 aliphatic heterocycles. The third-order valence-corrected chi connectivity index (χ3v) is 4.17. The van der Waals surface area contributed by atoms with Gasteiger partial charge < -0.3 is 9.73 Å². The molecule has 0 unspecified atom stereocenters. The average molecular weight is 361 g/mol. The second-order valence-electron chi connectivity index (χ2n) is 5.14. The smallest absolute Gasteiger partial charge is 0.277 e. The Balaban J connectivity index is 1.63. The highest BCUT2D eigenvalue weighted by Gasteiger charge is 2.19. The van der Waals surface area contributed by atoms with Crippen LogP contribution in [0.5, 0.6) is 0 Å². The molecule has 1 aromatic heterocycles. The molecule has 1 N–H and O–H groups in total. The van der Waals surface area contributed by atoms with E-state index in [0.29, 0.717) is 11.3 Å². The lowest BCUT2D eigenvalue weighted by molar-refractivity contribution is -0.115. The molecule has 0 saturated carbocycles. The molecular weight excluding hydrogens is 348 g/mol. The first kappa shape index (κ1) is 17.1. The quantitative estimate of drug-likeness (QED) is 0.692. The highest BCUT2D eigenvalue weighted by molar-refractivity contribution is 8.00. The predicted molar refractivity (Wildman–Crippen MR) is 90.0 cm³/mol. The van der Waals surface area contributed by atoms with Gasteiger partial charge in [-0.1, -0.05) is 17.8 Å². The highest BCUT2D eigenvalue weighted by Crippen LogP contribution is 2.26. The van der Waals surface area contributed by atoms with Gasteiger partial charge in [-0.2, -0.15) is 0 Å². The van der Waals surface area contributed by atoms with E-state index in [1.807, 2.05) is 0 Å². The number of anilines is 1. The summed E-state index contributed by atoms with van der Waals surface area (Å²) in [6, 6.07) is 11.3. The van der Waals surface area contributed by atoms with Crippen molar-refractivity contribution in [2.24, 2.45) is 0 Å². The van der Waals surface area contributed by atoms with Crippen molar-refractivity contribution in [3.8, 4) is 11.5 Å². The third kappa shape index (κ3) is 4.42. The molecule has 0 radical (unpaired) electrons. The normalized spacial score (nSPS) is 12.0. The number of hydrogen-bond acceptors (Lipinski definition) is 5. The Bertz CT molecular complexity index is 884. The monoisotopic (exact) mass is 361 g/mol. The van der Waals surface area contributed by atoms with Crippen LogP contribution in [0.2, 0.25) is 0 Å². The maximum atomic E-state index is 13.1. The topological polar surface area (TPSA) is 68.0 Å². The number of nitrogens with one attached hydrogen (secondary N) is 1. The summed E-state index contributed by atoms with van der Waals surface area (Å²) in [6.07, 6.45) is 0. The van der Waals surface area contributed by atoms with E-state index < -0.39 is 11.1 Å². The molecule has 0 spiro atoms. The zero-order chi connectivity index (χ0) is 17.8. The van der Waals surface area contributed by atoms with Gasteiger partial charge in [0, 0.05) is 11.3 Å². The van der Waals surface area contributed by atoms with Crippen LogP contribution in [0.1, 0.15) is 6.92 Å². The van der Waals surface area contributed by atoms with E-state index in [-0.39, 0.29) is 22.8 Å². The van der Waals surface area contributed by atoms with Crippen molar-refractivity contribution in [2.45, 2.75) is 17.4 Å². The second kappa shape index (κ2) is 7.43. The Labute approximate surface area is 146 Å². The molecule has 0 bridgehead atoms. The van der Waals surface area contributed by atoms with E-state index in [4.69, 9.17) is 4.42 Å². The van der Waals surface area contributed by atoms with Crippen LogP contribution in [-0.4, -0.2) is 21.4 Å². The SMILES string of the molecule is C[C@H](Sc1nnc(-c2ccc(F)cc2)o1)C(=O)Nc1cccc(F)c1. The van der Waals surface area contributed by atoms with E-state index in [1.54, 1.807) is 13.0 Å². The number of carbonyl (C=O) groups is 1. The predicted octanol–water partition coefficient (Wildman–Crippen LogP) is 4.13. The van der Waals surface area contributed by atoms with Gasteiger partial charge in [-0.15, -0.1) is 10.2 Å². The Morgan fingerprint density at radius 2 is 1.88 bits per heavy atom. The van der Waals surface area contributed by atoms with Gasteiger partial charge >= 0.3 is 0 Å². The van der Waals surface area contributed by atoms with Crippen molar-refractivity contribution < 1.29 is 18.0 Å². The summed E-state index contributed by atoms with van der Waals surface area (Å²) in [5.41, 5.74) is 0.951. The van der Waals surface area contributed by atoms with Crippen LogP contribution in [-0.2, 0) is 4.79 Å². The molecule has 3 aromatic rings. The van der Waals surface area contributed by atoms with E-state index in [1.165, 1.54) is 42.5 Å². The van der Waals surface area contributed by atoms with Gasteiger partial charge in [0.2, 0.25) is 11.8 Å². The zero-order valence-electron chi connectivity index (χ0n) is 13.1. The number of halogens is 2. The lowest BCUT2D eigenvalue weighted by Gasteiger charge is -2.09. The first-order valence-corrected chi connectivity index (χ1v) is 8.22. The minimum atomic E-state index is -0.537. The summed E-state index contributed by atoms with van der Waals surface area (Å²) in [5, 5.41) is 10.0. The van der Waals surface area contributed by atoms with Crippen molar-refractivity contribution in [3.63, 3.8) is 0 Å². The second-order valence-corrected chi connectivity index (χ2v) is 6.43. The molecule has 3 rings (SSSR count). The summed E-state index contributed by atoms with van der Waals surface area (Å²) >= 11 is 1.07. The van der Waals surface area contributed by atoms with Gasteiger partial charge in [-0.25, -0.2) is 8.78 Å². The van der Waals surface area contributed by atoms with Gasteiger partial charge in [0.05, 0.1) is 5.25 Å². The molecule has 0 saturated heterocycles. The molecule has 0 fully saturated rings. The highest BCUT2D eigenvalue weighted by atomic mass is 32.2. The molecule has 25 heavy (non-hydrogen) atoms. The average Bonchev–Trinajstić information content (AvgIpc) is 3.04. The first-order valence-electron chi connectivity index (χ1n) is 7.34. The minimum Gasteiger partial charge on any atom is -0.411 e. The summed E-state index contributed by atoms with van der Waals surface area (Å²) in [5.74, 6) is -0.878. The van der Waals surface area contributed by atoms with Crippen molar-refractivity contribution in [1.82, 2.24) is 10.2 Å². The van der Waals surface area contributed by atoms with E-state index in [9.17, 15) is 13.6 Å². The molecule has 5 nitrogen and oxygen atoms in total. The van der Waals surface area contributed by atoms with Crippen LogP contribution in [0, 0.1) is 11.6 Å². The summed E-state index contributed by atoms with van der Waals surface area (Å²) in [6.45, 7) is 1.67. The van der Waals surface area contributed by atoms with Crippen molar-refractivity contribution >= 4 is 23.4 Å². The molecule has 8 heteroatoms. The molecule has 2 aromatic carbocycles. The summed E-state index contributed by atoms with van der Waals surface area (Å²) < 4.78 is 31.6. The number of aromatic nitrogens is 2. The zero-order valence-corrected chi connectivity index (χ0v) is 13.9. The largest absolute Gasteiger partial charge is 0.411 e. The molecule has 1 heterocycles. The molecular formula is C17H13F2N3O2S. The molecule has 1 atom stereocenters. The Hall–Kier alpha value is -2.74. The lowest BCUT2D eigenvalue weighted by atomic mass is 10.2. The number of amides is 1. The van der Waals surface area contributed by atoms with Crippen LogP contribution in [0.25, 0.3) is 11.5 Å². The number of benzene rings is 2. The van der Waals surface area contributed by atoms with Crippen LogP contribution < -0.4 is 5.32 Å². The van der Waals surface area contributed by atoms with Gasteiger partial charge in [0.15, 0.2) is 0 Å². The van der Waals surface area contributed by atoms with Crippen LogP contribution in [0.3, 0.4) is 0 Å². The standard InChI is InChI=1S/C17H13F2N3O2S/c1-10(15(23)20-14-4-2-3-13(19)9-14)25-17-22-21-16(24-17)11-5-7-12(18)8-6-11/h2-10H,1H3,(H,20,23)/t10-/m0/s1. The Morgan fingerprint density at radius 3 is 2.60 bits per heavy atom. The summed E-state index contributed by atoms with van der Waals surface area (Å²) in [7, 11) is 0. The van der Waals surface area contributed by atoms with Gasteiger partial charge in [0.1, 0.15) is 11.6 Å². The number of rotatable bonds is 5. The van der Waals surface area contributed by atoms with Crippen molar-refractivity contribution in [2.75, 3.05) is 5.32 Å². The number of hydrogen-bond donors (Lipinski definition) is 1. The molecule has 0 aliphatic rings. The van der Waals surface area contributed by atoms with Gasteiger partial charge in [0.25, 0.3) is 5.22 Å². The Morgan fingerprint density at radius 1 is 1.12 bits per heavy atom. The third-order valence-electron chi connectivity index (χ3n) is 3.24. The fourth-order valence-electron chi connectivity index (χ4n) is 1.98. The Kier molecular flexibility index (Phi) is 5.08. The van der Waals surface area contributed by atoms with E-state index >= 15 is 0 Å². The number of carbonyl (C=O) groups excluding carboxylic acids is 1. The van der Waals surface area contributed by atoms with Crippen LogP contribution >= 0.6 is 11.8 Å². The molecule has 1 amide bonds. The maximum absolute atomic E-state index is 13.1. The first-order chi connectivity index (χ1) is 12.0. The van der Waals surface area contributed by atoms with E-state index in [2.05, 4.69) is 15.5 Å². The van der Waals surface area contributed by atoms with Gasteiger partial charge in [-0.3, -0.25) is 4.79 Å². The van der Waals surface area contributed by atoms with Crippen LogP contribution in [0.15, 0.2) is 58.2 Å².